The quantitative estimate of drug-likeness (QED) is 0.780. The molecule has 0 radical (unpaired) electrons. The third-order valence-electron chi connectivity index (χ3n) is 4.19. The highest BCUT2D eigenvalue weighted by atomic mass is 16.4. The first-order chi connectivity index (χ1) is 8.53. The molecule has 1 N–H and O–H groups in total. The van der Waals surface area contributed by atoms with Crippen molar-refractivity contribution in [2.24, 2.45) is 5.41 Å². The molecule has 0 aromatic rings. The zero-order valence-corrected chi connectivity index (χ0v) is 10.6. The Morgan fingerprint density at radius 3 is 2.61 bits per heavy atom. The molecule has 2 aliphatic rings. The molecule has 1 unspecified atom stereocenters. The van der Waals surface area contributed by atoms with Crippen molar-refractivity contribution in [1.82, 2.24) is 0 Å². The van der Waals surface area contributed by atoms with Crippen LogP contribution in [0.3, 0.4) is 0 Å². The predicted molar refractivity (Wildman–Crippen MR) is 65.1 cm³/mol. The number of carboxylic acids is 1. The molecule has 0 aromatic heterocycles. The molecule has 4 heteroatoms. The maximum absolute atomic E-state index is 12.3. The van der Waals surface area contributed by atoms with Crippen LogP contribution < -0.4 is 0 Å². The fourth-order valence-electron chi connectivity index (χ4n) is 3.44. The number of ketones is 2. The zero-order chi connectivity index (χ0) is 13.3. The first-order valence-corrected chi connectivity index (χ1v) is 6.56. The van der Waals surface area contributed by atoms with Crippen LogP contribution in [0, 0.1) is 5.41 Å². The van der Waals surface area contributed by atoms with Crippen LogP contribution in [0.2, 0.25) is 0 Å². The van der Waals surface area contributed by atoms with Crippen molar-refractivity contribution >= 4 is 17.5 Å². The third-order valence-corrected chi connectivity index (χ3v) is 4.19. The number of allylic oxidation sites excluding steroid dienone is 1. The van der Waals surface area contributed by atoms with Crippen LogP contribution in [0.15, 0.2) is 11.1 Å². The van der Waals surface area contributed by atoms with E-state index in [9.17, 15) is 19.5 Å². The lowest BCUT2D eigenvalue weighted by atomic mass is 9.60. The summed E-state index contributed by atoms with van der Waals surface area (Å²) in [6.07, 6.45) is 3.97. The number of hydrogen-bond donors (Lipinski definition) is 1. The van der Waals surface area contributed by atoms with Crippen LogP contribution in [-0.4, -0.2) is 22.6 Å². The maximum atomic E-state index is 12.3. The molecule has 1 fully saturated rings. The Labute approximate surface area is 106 Å². The minimum absolute atomic E-state index is 0.0947. The van der Waals surface area contributed by atoms with Gasteiger partial charge in [0.2, 0.25) is 0 Å². The second-order valence-corrected chi connectivity index (χ2v) is 5.19. The molecule has 98 valence electrons. The SMILES string of the molecule is CCCC12CCC(=O)C(C(=O)O)=C1CCCC2=O. The minimum Gasteiger partial charge on any atom is -0.478 e. The first kappa shape index (κ1) is 13.0. The van der Waals surface area contributed by atoms with E-state index in [1.54, 1.807) is 0 Å². The summed E-state index contributed by atoms with van der Waals surface area (Å²) < 4.78 is 0. The highest BCUT2D eigenvalue weighted by Crippen LogP contribution is 2.49. The van der Waals surface area contributed by atoms with E-state index in [-0.39, 0.29) is 23.6 Å². The maximum Gasteiger partial charge on any atom is 0.339 e. The molecular formula is C14H18O4. The predicted octanol–water partition coefficient (Wildman–Crippen LogP) is 2.27. The number of fused-ring (bicyclic) bond motifs is 1. The van der Waals surface area contributed by atoms with Crippen LogP contribution in [0.25, 0.3) is 0 Å². The Balaban J connectivity index is 2.59. The summed E-state index contributed by atoms with van der Waals surface area (Å²) in [7, 11) is 0. The van der Waals surface area contributed by atoms with Crippen molar-refractivity contribution in [1.29, 1.82) is 0 Å². The van der Waals surface area contributed by atoms with Crippen molar-refractivity contribution in [3.05, 3.63) is 11.1 Å². The largest absolute Gasteiger partial charge is 0.478 e. The second-order valence-electron chi connectivity index (χ2n) is 5.19. The van der Waals surface area contributed by atoms with Crippen LogP contribution in [0.4, 0.5) is 0 Å². The number of rotatable bonds is 3. The van der Waals surface area contributed by atoms with E-state index in [1.807, 2.05) is 6.92 Å². The highest BCUT2D eigenvalue weighted by Gasteiger charge is 2.48. The summed E-state index contributed by atoms with van der Waals surface area (Å²) in [4.78, 5) is 35.4. The van der Waals surface area contributed by atoms with Gasteiger partial charge in [-0.25, -0.2) is 4.79 Å². The van der Waals surface area contributed by atoms with E-state index in [0.717, 1.165) is 6.42 Å². The van der Waals surface area contributed by atoms with Gasteiger partial charge < -0.3 is 5.11 Å². The molecule has 0 spiro atoms. The summed E-state index contributed by atoms with van der Waals surface area (Å²) in [5, 5.41) is 9.23. The molecule has 0 heterocycles. The van der Waals surface area contributed by atoms with Gasteiger partial charge in [0.25, 0.3) is 0 Å². The van der Waals surface area contributed by atoms with E-state index in [2.05, 4.69) is 0 Å². The van der Waals surface area contributed by atoms with Crippen LogP contribution >= 0.6 is 0 Å². The third kappa shape index (κ3) is 1.80. The van der Waals surface area contributed by atoms with Gasteiger partial charge in [-0.2, -0.15) is 0 Å². The normalized spacial score (nSPS) is 28.3. The lowest BCUT2D eigenvalue weighted by Gasteiger charge is -2.41. The van der Waals surface area contributed by atoms with Crippen molar-refractivity contribution in [3.63, 3.8) is 0 Å². The number of Topliss-reactive ketones (excluding diaryl/α,β-unsaturated/α-hetero) is 2. The fourth-order valence-corrected chi connectivity index (χ4v) is 3.44. The van der Waals surface area contributed by atoms with Crippen LogP contribution in [0.5, 0.6) is 0 Å². The smallest absolute Gasteiger partial charge is 0.339 e. The van der Waals surface area contributed by atoms with Crippen LogP contribution in [0.1, 0.15) is 51.9 Å². The zero-order valence-electron chi connectivity index (χ0n) is 10.6. The molecule has 0 bridgehead atoms. The van der Waals surface area contributed by atoms with Gasteiger partial charge in [-0.1, -0.05) is 13.3 Å². The number of hydrogen-bond acceptors (Lipinski definition) is 3. The van der Waals surface area contributed by atoms with E-state index >= 15 is 0 Å². The fraction of sp³-hybridized carbons (Fsp3) is 0.643. The minimum atomic E-state index is -1.16. The molecule has 1 saturated carbocycles. The van der Waals surface area contributed by atoms with E-state index in [0.29, 0.717) is 37.7 Å². The highest BCUT2D eigenvalue weighted by molar-refractivity contribution is 6.19. The summed E-state index contributed by atoms with van der Waals surface area (Å²) in [5.41, 5.74) is -0.124. The van der Waals surface area contributed by atoms with E-state index < -0.39 is 11.4 Å². The average Bonchev–Trinajstić information content (AvgIpc) is 2.31. The van der Waals surface area contributed by atoms with Gasteiger partial charge in [0.1, 0.15) is 11.4 Å². The molecule has 18 heavy (non-hydrogen) atoms. The Bertz CT molecular complexity index is 447. The molecule has 2 aliphatic carbocycles. The van der Waals surface area contributed by atoms with Crippen molar-refractivity contribution in [2.75, 3.05) is 0 Å². The van der Waals surface area contributed by atoms with Gasteiger partial charge in [-0.05, 0) is 31.3 Å². The Kier molecular flexibility index (Phi) is 3.37. The summed E-state index contributed by atoms with van der Waals surface area (Å²) in [6, 6.07) is 0. The molecule has 1 atom stereocenters. The molecule has 2 rings (SSSR count). The van der Waals surface area contributed by atoms with Gasteiger partial charge in [-0.3, -0.25) is 9.59 Å². The van der Waals surface area contributed by atoms with Crippen molar-refractivity contribution in [3.8, 4) is 0 Å². The lowest BCUT2D eigenvalue weighted by Crippen LogP contribution is -2.42. The number of carboxylic acid groups (broad SMARTS) is 1. The first-order valence-electron chi connectivity index (χ1n) is 6.56. The van der Waals surface area contributed by atoms with Crippen LogP contribution in [-0.2, 0) is 14.4 Å². The van der Waals surface area contributed by atoms with Gasteiger partial charge in [0.15, 0.2) is 5.78 Å². The van der Waals surface area contributed by atoms with Gasteiger partial charge in [0, 0.05) is 12.8 Å². The Morgan fingerprint density at radius 1 is 1.28 bits per heavy atom. The average molecular weight is 250 g/mol. The summed E-state index contributed by atoms with van der Waals surface area (Å²) in [6.45, 7) is 1.99. The molecule has 0 aromatic carbocycles. The van der Waals surface area contributed by atoms with Gasteiger partial charge in [0.05, 0.1) is 5.41 Å². The summed E-state index contributed by atoms with van der Waals surface area (Å²) >= 11 is 0. The van der Waals surface area contributed by atoms with Gasteiger partial charge >= 0.3 is 5.97 Å². The van der Waals surface area contributed by atoms with Crippen molar-refractivity contribution in [2.45, 2.75) is 51.9 Å². The van der Waals surface area contributed by atoms with Crippen molar-refractivity contribution < 1.29 is 19.5 Å². The molecule has 4 nitrogen and oxygen atoms in total. The molecule has 0 aliphatic heterocycles. The topological polar surface area (TPSA) is 71.4 Å². The van der Waals surface area contributed by atoms with E-state index in [1.165, 1.54) is 0 Å². The number of carbonyl (C=O) groups is 3. The monoisotopic (exact) mass is 250 g/mol. The Hall–Kier alpha value is -1.45. The standard InChI is InChI=1S/C14H18O4/c1-2-7-14-8-6-10(15)12(13(17)18)9(14)4-3-5-11(14)16/h2-8H2,1H3,(H,17,18). The van der Waals surface area contributed by atoms with Gasteiger partial charge in [-0.15, -0.1) is 0 Å². The molecular weight excluding hydrogens is 232 g/mol. The molecule has 0 amide bonds. The number of carbonyl (C=O) groups excluding carboxylic acids is 2. The Morgan fingerprint density at radius 2 is 2.00 bits per heavy atom. The van der Waals surface area contributed by atoms with E-state index in [4.69, 9.17) is 0 Å². The summed E-state index contributed by atoms with van der Waals surface area (Å²) in [5.74, 6) is -1.33. The number of aliphatic carboxylic acids is 1. The second kappa shape index (κ2) is 4.67. The lowest BCUT2D eigenvalue weighted by molar-refractivity contribution is -0.136. The molecule has 0 saturated heterocycles.